The second-order valence-electron chi connectivity index (χ2n) is 5.16. The summed E-state index contributed by atoms with van der Waals surface area (Å²) in [6.45, 7) is 3.65. The highest BCUT2D eigenvalue weighted by atomic mass is 32.1. The molecule has 0 atom stereocenters. The number of hydrogen-bond acceptors (Lipinski definition) is 4. The number of thiophene rings is 1. The third kappa shape index (κ3) is 3.94. The molecular weight excluding hydrogens is 258 g/mol. The summed E-state index contributed by atoms with van der Waals surface area (Å²) in [5, 5.41) is 11.9. The number of oxime groups is 1. The van der Waals surface area contributed by atoms with Gasteiger partial charge in [0.15, 0.2) is 5.84 Å². The van der Waals surface area contributed by atoms with Gasteiger partial charge in [-0.15, -0.1) is 11.3 Å². The van der Waals surface area contributed by atoms with Gasteiger partial charge in [0.2, 0.25) is 0 Å². The lowest BCUT2D eigenvalue weighted by Crippen LogP contribution is -2.39. The molecule has 106 valence electrons. The largest absolute Gasteiger partial charge is 0.409 e. The van der Waals surface area contributed by atoms with Crippen LogP contribution in [0.25, 0.3) is 0 Å². The van der Waals surface area contributed by atoms with Crippen LogP contribution in [-0.4, -0.2) is 28.5 Å². The van der Waals surface area contributed by atoms with E-state index in [4.69, 9.17) is 10.9 Å². The Bertz CT molecular complexity index is 424. The van der Waals surface area contributed by atoms with Crippen LogP contribution in [-0.2, 0) is 13.0 Å². The van der Waals surface area contributed by atoms with Crippen molar-refractivity contribution in [3.8, 4) is 0 Å². The normalized spacial score (nSPS) is 17.5. The Balaban J connectivity index is 2.03. The Morgan fingerprint density at radius 1 is 1.42 bits per heavy atom. The second-order valence-corrected chi connectivity index (χ2v) is 6.41. The lowest BCUT2D eigenvalue weighted by atomic mass is 10.2. The fraction of sp³-hybridized carbons (Fsp3) is 0.643. The van der Waals surface area contributed by atoms with Crippen LogP contribution in [0.5, 0.6) is 0 Å². The van der Waals surface area contributed by atoms with E-state index in [1.165, 1.54) is 35.4 Å². The summed E-state index contributed by atoms with van der Waals surface area (Å²) >= 11 is 1.87. The van der Waals surface area contributed by atoms with Crippen molar-refractivity contribution in [1.82, 2.24) is 4.90 Å². The number of nitrogens with zero attached hydrogens (tertiary/aromatic N) is 2. The SMILES string of the molecule is CCc1ccc(CN(CC(N)=NO)C2CCCC2)s1. The van der Waals surface area contributed by atoms with Crippen molar-refractivity contribution in [1.29, 1.82) is 0 Å². The zero-order chi connectivity index (χ0) is 13.7. The van der Waals surface area contributed by atoms with Gasteiger partial charge in [-0.25, -0.2) is 0 Å². The maximum Gasteiger partial charge on any atom is 0.153 e. The minimum absolute atomic E-state index is 0.305. The molecule has 1 saturated carbocycles. The van der Waals surface area contributed by atoms with Crippen LogP contribution in [0.15, 0.2) is 17.3 Å². The van der Waals surface area contributed by atoms with E-state index < -0.39 is 0 Å². The van der Waals surface area contributed by atoms with Crippen LogP contribution in [0.3, 0.4) is 0 Å². The lowest BCUT2D eigenvalue weighted by molar-refractivity contribution is 0.216. The Morgan fingerprint density at radius 3 is 2.68 bits per heavy atom. The molecule has 0 radical (unpaired) electrons. The molecule has 4 nitrogen and oxygen atoms in total. The number of nitrogens with two attached hydrogens (primary N) is 1. The minimum Gasteiger partial charge on any atom is -0.409 e. The molecule has 0 amide bonds. The first kappa shape index (κ1) is 14.3. The van der Waals surface area contributed by atoms with Crippen LogP contribution in [0.2, 0.25) is 0 Å². The Kier molecular flexibility index (Phi) is 5.22. The Hall–Kier alpha value is -1.07. The summed E-state index contributed by atoms with van der Waals surface area (Å²) < 4.78 is 0. The van der Waals surface area contributed by atoms with Gasteiger partial charge < -0.3 is 10.9 Å². The van der Waals surface area contributed by atoms with Crippen molar-refractivity contribution >= 4 is 17.2 Å². The van der Waals surface area contributed by atoms with Gasteiger partial charge in [-0.1, -0.05) is 24.9 Å². The maximum absolute atomic E-state index is 8.77. The molecule has 2 rings (SSSR count). The highest BCUT2D eigenvalue weighted by Gasteiger charge is 2.23. The summed E-state index contributed by atoms with van der Waals surface area (Å²) in [6.07, 6.45) is 6.13. The minimum atomic E-state index is 0.305. The van der Waals surface area contributed by atoms with Crippen molar-refractivity contribution in [2.24, 2.45) is 10.9 Å². The molecule has 0 spiro atoms. The third-order valence-electron chi connectivity index (χ3n) is 3.76. The summed E-state index contributed by atoms with van der Waals surface area (Å²) in [5.41, 5.74) is 5.69. The second kappa shape index (κ2) is 6.91. The van der Waals surface area contributed by atoms with Gasteiger partial charge in [0, 0.05) is 22.3 Å². The lowest BCUT2D eigenvalue weighted by Gasteiger charge is -2.27. The predicted octanol–water partition coefficient (Wildman–Crippen LogP) is 2.80. The fourth-order valence-electron chi connectivity index (χ4n) is 2.72. The summed E-state index contributed by atoms with van der Waals surface area (Å²) in [7, 11) is 0. The number of rotatable bonds is 6. The molecule has 1 aromatic rings. The maximum atomic E-state index is 8.77. The average Bonchev–Trinajstić information content (AvgIpc) is 3.08. The van der Waals surface area contributed by atoms with Crippen molar-refractivity contribution in [3.05, 3.63) is 21.9 Å². The van der Waals surface area contributed by atoms with E-state index in [1.807, 2.05) is 11.3 Å². The van der Waals surface area contributed by atoms with E-state index in [1.54, 1.807) is 0 Å². The van der Waals surface area contributed by atoms with E-state index in [9.17, 15) is 0 Å². The first-order chi connectivity index (χ1) is 9.22. The van der Waals surface area contributed by atoms with Crippen molar-refractivity contribution in [2.45, 2.75) is 51.6 Å². The standard InChI is InChI=1S/C14H23N3OS/c1-2-12-7-8-13(19-12)9-17(10-14(15)16-18)11-5-3-4-6-11/h7-8,11,18H,2-6,9-10H2,1H3,(H2,15,16). The van der Waals surface area contributed by atoms with Gasteiger partial charge in [0.1, 0.15) is 0 Å². The summed E-state index contributed by atoms with van der Waals surface area (Å²) in [6, 6.07) is 4.99. The molecular formula is C14H23N3OS. The Morgan fingerprint density at radius 2 is 2.11 bits per heavy atom. The average molecular weight is 281 g/mol. The van der Waals surface area contributed by atoms with Gasteiger partial charge in [-0.2, -0.15) is 0 Å². The molecule has 0 unspecified atom stereocenters. The summed E-state index contributed by atoms with van der Waals surface area (Å²) in [4.78, 5) is 5.15. The van der Waals surface area contributed by atoms with Crippen LogP contribution in [0.1, 0.15) is 42.4 Å². The highest BCUT2D eigenvalue weighted by Crippen LogP contribution is 2.26. The number of amidine groups is 1. The molecule has 0 saturated heterocycles. The van der Waals surface area contributed by atoms with Crippen LogP contribution in [0, 0.1) is 0 Å². The van der Waals surface area contributed by atoms with Gasteiger partial charge in [-0.05, 0) is 31.4 Å². The van der Waals surface area contributed by atoms with Crippen molar-refractivity contribution in [2.75, 3.05) is 6.54 Å². The van der Waals surface area contributed by atoms with E-state index in [2.05, 4.69) is 29.1 Å². The third-order valence-corrected chi connectivity index (χ3v) is 4.97. The highest BCUT2D eigenvalue weighted by molar-refractivity contribution is 7.11. The van der Waals surface area contributed by atoms with Gasteiger partial charge >= 0.3 is 0 Å². The smallest absolute Gasteiger partial charge is 0.153 e. The number of aryl methyl sites for hydroxylation is 1. The first-order valence-corrected chi connectivity index (χ1v) is 7.82. The number of hydrogen-bond donors (Lipinski definition) is 2. The van der Waals surface area contributed by atoms with E-state index in [-0.39, 0.29) is 0 Å². The molecule has 0 aliphatic heterocycles. The van der Waals surface area contributed by atoms with Gasteiger partial charge in [0.25, 0.3) is 0 Å². The van der Waals surface area contributed by atoms with Gasteiger partial charge in [-0.3, -0.25) is 4.90 Å². The molecule has 19 heavy (non-hydrogen) atoms. The van der Waals surface area contributed by atoms with E-state index in [0.717, 1.165) is 13.0 Å². The summed E-state index contributed by atoms with van der Waals surface area (Å²) in [5.74, 6) is 0.305. The molecule has 1 aliphatic carbocycles. The van der Waals surface area contributed by atoms with E-state index >= 15 is 0 Å². The Labute approximate surface area is 118 Å². The molecule has 0 bridgehead atoms. The molecule has 1 fully saturated rings. The van der Waals surface area contributed by atoms with E-state index in [0.29, 0.717) is 18.4 Å². The fourth-order valence-corrected chi connectivity index (χ4v) is 3.70. The van der Waals surface area contributed by atoms with Gasteiger partial charge in [0.05, 0.1) is 6.54 Å². The molecule has 5 heteroatoms. The first-order valence-electron chi connectivity index (χ1n) is 7.01. The van der Waals surface area contributed by atoms with Crippen LogP contribution >= 0.6 is 11.3 Å². The van der Waals surface area contributed by atoms with Crippen LogP contribution in [0.4, 0.5) is 0 Å². The molecule has 3 N–H and O–H groups in total. The molecule has 1 heterocycles. The van der Waals surface area contributed by atoms with Crippen molar-refractivity contribution < 1.29 is 5.21 Å². The topological polar surface area (TPSA) is 61.8 Å². The zero-order valence-electron chi connectivity index (χ0n) is 11.5. The quantitative estimate of drug-likeness (QED) is 0.365. The van der Waals surface area contributed by atoms with Crippen molar-refractivity contribution in [3.63, 3.8) is 0 Å². The van der Waals surface area contributed by atoms with Crippen LogP contribution < -0.4 is 5.73 Å². The molecule has 0 aromatic carbocycles. The monoisotopic (exact) mass is 281 g/mol. The zero-order valence-corrected chi connectivity index (χ0v) is 12.3. The predicted molar refractivity (Wildman–Crippen MR) is 79.8 cm³/mol. The molecule has 1 aromatic heterocycles. The molecule has 1 aliphatic rings.